The van der Waals surface area contributed by atoms with E-state index in [4.69, 9.17) is 10.00 Å². The Labute approximate surface area is 148 Å². The van der Waals surface area contributed by atoms with Gasteiger partial charge in [-0.05, 0) is 37.6 Å². The van der Waals surface area contributed by atoms with Gasteiger partial charge in [-0.25, -0.2) is 0 Å². The Morgan fingerprint density at radius 1 is 1.16 bits per heavy atom. The summed E-state index contributed by atoms with van der Waals surface area (Å²) in [5.41, 5.74) is 2.73. The van der Waals surface area contributed by atoms with Crippen molar-refractivity contribution in [2.24, 2.45) is 0 Å². The van der Waals surface area contributed by atoms with Crippen molar-refractivity contribution < 1.29 is 9.53 Å². The maximum atomic E-state index is 12.4. The number of benzene rings is 2. The zero-order valence-corrected chi connectivity index (χ0v) is 14.7. The average Bonchev–Trinajstić information content (AvgIpc) is 2.63. The minimum atomic E-state index is -0.390. The van der Waals surface area contributed by atoms with E-state index in [1.165, 1.54) is 0 Å². The molecule has 2 aromatic rings. The van der Waals surface area contributed by atoms with Crippen LogP contribution < -0.4 is 15.4 Å². The first kappa shape index (κ1) is 18.3. The van der Waals surface area contributed by atoms with Crippen molar-refractivity contribution in [3.8, 4) is 11.8 Å². The van der Waals surface area contributed by atoms with E-state index in [1.807, 2.05) is 62.4 Å². The highest BCUT2D eigenvalue weighted by atomic mass is 16.5. The quantitative estimate of drug-likeness (QED) is 0.811. The van der Waals surface area contributed by atoms with Gasteiger partial charge in [-0.2, -0.15) is 5.26 Å². The van der Waals surface area contributed by atoms with Crippen LogP contribution in [0, 0.1) is 11.3 Å². The van der Waals surface area contributed by atoms with Gasteiger partial charge in [0.1, 0.15) is 11.8 Å². The van der Waals surface area contributed by atoms with Crippen molar-refractivity contribution in [1.82, 2.24) is 5.32 Å². The number of nitriles is 1. The topological polar surface area (TPSA) is 74.2 Å². The fourth-order valence-electron chi connectivity index (χ4n) is 2.57. The second-order valence-corrected chi connectivity index (χ2v) is 5.87. The second kappa shape index (κ2) is 8.74. The van der Waals surface area contributed by atoms with Crippen LogP contribution in [0.3, 0.4) is 0 Å². The first-order valence-corrected chi connectivity index (χ1v) is 8.21. The number of anilines is 1. The minimum Gasteiger partial charge on any atom is -0.496 e. The molecule has 0 spiro atoms. The number of amides is 1. The summed E-state index contributed by atoms with van der Waals surface area (Å²) < 4.78 is 5.35. The van der Waals surface area contributed by atoms with Crippen LogP contribution in [-0.2, 0) is 11.2 Å². The van der Waals surface area contributed by atoms with Gasteiger partial charge in [-0.3, -0.25) is 4.79 Å². The third kappa shape index (κ3) is 4.98. The van der Waals surface area contributed by atoms with Crippen LogP contribution in [0.5, 0.6) is 5.75 Å². The summed E-state index contributed by atoms with van der Waals surface area (Å²) in [5.74, 6) is 0.656. The Balaban J connectivity index is 1.96. The summed E-state index contributed by atoms with van der Waals surface area (Å²) in [6.45, 7) is 3.74. The van der Waals surface area contributed by atoms with E-state index in [9.17, 15) is 4.79 Å². The van der Waals surface area contributed by atoms with Crippen molar-refractivity contribution in [3.63, 3.8) is 0 Å². The van der Waals surface area contributed by atoms with Crippen LogP contribution in [-0.4, -0.2) is 19.1 Å². The molecular formula is C20H23N3O2. The van der Waals surface area contributed by atoms with Gasteiger partial charge in [0.25, 0.3) is 0 Å². The monoisotopic (exact) mass is 337 g/mol. The van der Waals surface area contributed by atoms with Crippen molar-refractivity contribution in [2.75, 3.05) is 12.4 Å². The summed E-state index contributed by atoms with van der Waals surface area (Å²) in [6.07, 6.45) is 0.382. The van der Waals surface area contributed by atoms with Gasteiger partial charge in [-0.1, -0.05) is 30.3 Å². The van der Waals surface area contributed by atoms with Gasteiger partial charge in [0.05, 0.1) is 25.6 Å². The van der Waals surface area contributed by atoms with E-state index in [-0.39, 0.29) is 18.0 Å². The molecule has 5 nitrogen and oxygen atoms in total. The highest BCUT2D eigenvalue weighted by Crippen LogP contribution is 2.24. The normalized spacial score (nSPS) is 12.6. The van der Waals surface area contributed by atoms with E-state index in [0.717, 1.165) is 22.6 Å². The predicted octanol–water partition coefficient (Wildman–Crippen LogP) is 3.44. The molecule has 0 radical (unpaired) electrons. The number of methoxy groups -OCH3 is 1. The van der Waals surface area contributed by atoms with Crippen LogP contribution in [0.25, 0.3) is 0 Å². The van der Waals surface area contributed by atoms with Crippen LogP contribution in [0.4, 0.5) is 5.69 Å². The van der Waals surface area contributed by atoms with Crippen molar-refractivity contribution >= 4 is 11.6 Å². The average molecular weight is 337 g/mol. The molecule has 2 rings (SSSR count). The lowest BCUT2D eigenvalue weighted by molar-refractivity contribution is -0.122. The largest absolute Gasteiger partial charge is 0.496 e. The minimum absolute atomic E-state index is 0.0977. The molecule has 2 aromatic carbocycles. The van der Waals surface area contributed by atoms with Gasteiger partial charge in [0.2, 0.25) is 5.91 Å². The molecule has 2 N–H and O–H groups in total. The molecule has 0 heterocycles. The first-order valence-electron chi connectivity index (χ1n) is 8.21. The number of para-hydroxylation sites is 1. The molecule has 1 amide bonds. The molecule has 0 aliphatic rings. The maximum absolute atomic E-state index is 12.4. The molecule has 0 saturated carbocycles. The number of rotatable bonds is 7. The van der Waals surface area contributed by atoms with Gasteiger partial charge in [-0.15, -0.1) is 0 Å². The van der Waals surface area contributed by atoms with Gasteiger partial charge in [0, 0.05) is 11.3 Å². The fraction of sp³-hybridized carbons (Fsp3) is 0.300. The molecule has 0 aliphatic heterocycles. The molecule has 130 valence electrons. The molecule has 0 bridgehead atoms. The molecule has 2 atom stereocenters. The smallest absolute Gasteiger partial charge is 0.242 e. The maximum Gasteiger partial charge on any atom is 0.242 e. The highest BCUT2D eigenvalue weighted by molar-refractivity contribution is 5.84. The first-order chi connectivity index (χ1) is 12.0. The Morgan fingerprint density at radius 3 is 2.48 bits per heavy atom. The van der Waals surface area contributed by atoms with Crippen molar-refractivity contribution in [2.45, 2.75) is 32.4 Å². The van der Waals surface area contributed by atoms with E-state index in [1.54, 1.807) is 7.11 Å². The molecule has 0 aliphatic carbocycles. The third-order valence-electron chi connectivity index (χ3n) is 3.98. The zero-order chi connectivity index (χ0) is 18.2. The number of nitrogens with one attached hydrogen (secondary N) is 2. The molecular weight excluding hydrogens is 314 g/mol. The van der Waals surface area contributed by atoms with Crippen LogP contribution in [0.1, 0.15) is 31.0 Å². The fourth-order valence-corrected chi connectivity index (χ4v) is 2.57. The number of ether oxygens (including phenoxy) is 1. The summed E-state index contributed by atoms with van der Waals surface area (Å²) in [7, 11) is 1.62. The van der Waals surface area contributed by atoms with Gasteiger partial charge in [0.15, 0.2) is 0 Å². The van der Waals surface area contributed by atoms with Crippen LogP contribution in [0.15, 0.2) is 48.5 Å². The molecule has 2 unspecified atom stereocenters. The number of carbonyl (C=O) groups is 1. The molecule has 5 heteroatoms. The Bertz CT molecular complexity index is 750. The van der Waals surface area contributed by atoms with E-state index in [0.29, 0.717) is 6.42 Å². The third-order valence-corrected chi connectivity index (χ3v) is 3.98. The summed E-state index contributed by atoms with van der Waals surface area (Å²) >= 11 is 0. The van der Waals surface area contributed by atoms with Gasteiger partial charge >= 0.3 is 0 Å². The standard InChI is InChI=1S/C20H23N3O2/c1-14(18-6-4-5-7-19(18)25-3)23-20(24)15(2)22-17-10-8-16(9-11-17)12-13-21/h4-11,14-15,22H,12H2,1-3H3,(H,23,24). The van der Waals surface area contributed by atoms with Crippen molar-refractivity contribution in [1.29, 1.82) is 5.26 Å². The Kier molecular flexibility index (Phi) is 6.41. The summed E-state index contributed by atoms with van der Waals surface area (Å²) in [5, 5.41) is 14.9. The number of carbonyl (C=O) groups excluding carboxylic acids is 1. The van der Waals surface area contributed by atoms with E-state index in [2.05, 4.69) is 16.7 Å². The lowest BCUT2D eigenvalue weighted by atomic mass is 10.1. The summed E-state index contributed by atoms with van der Waals surface area (Å²) in [4.78, 5) is 12.4. The van der Waals surface area contributed by atoms with Crippen LogP contribution >= 0.6 is 0 Å². The highest BCUT2D eigenvalue weighted by Gasteiger charge is 2.18. The predicted molar refractivity (Wildman–Crippen MR) is 98.4 cm³/mol. The van der Waals surface area contributed by atoms with E-state index >= 15 is 0 Å². The van der Waals surface area contributed by atoms with Gasteiger partial charge < -0.3 is 15.4 Å². The van der Waals surface area contributed by atoms with Crippen molar-refractivity contribution in [3.05, 3.63) is 59.7 Å². The molecule has 0 aromatic heterocycles. The summed E-state index contributed by atoms with van der Waals surface area (Å²) in [6, 6.07) is 16.7. The zero-order valence-electron chi connectivity index (χ0n) is 14.7. The number of nitrogens with zero attached hydrogens (tertiary/aromatic N) is 1. The Hall–Kier alpha value is -3.00. The number of hydrogen-bond donors (Lipinski definition) is 2. The lowest BCUT2D eigenvalue weighted by Crippen LogP contribution is -2.38. The Morgan fingerprint density at radius 2 is 1.84 bits per heavy atom. The SMILES string of the molecule is COc1ccccc1C(C)NC(=O)C(C)Nc1ccc(CC#N)cc1. The molecule has 25 heavy (non-hydrogen) atoms. The molecule has 0 fully saturated rings. The molecule has 0 saturated heterocycles. The second-order valence-electron chi connectivity index (χ2n) is 5.87. The van der Waals surface area contributed by atoms with E-state index < -0.39 is 0 Å². The number of hydrogen-bond acceptors (Lipinski definition) is 4. The lowest BCUT2D eigenvalue weighted by Gasteiger charge is -2.21. The van der Waals surface area contributed by atoms with Crippen LogP contribution in [0.2, 0.25) is 0 Å².